The highest BCUT2D eigenvalue weighted by molar-refractivity contribution is 5.84. The molecule has 0 aliphatic heterocycles. The van der Waals surface area contributed by atoms with E-state index in [0.29, 0.717) is 17.5 Å². The van der Waals surface area contributed by atoms with Gasteiger partial charge in [0.15, 0.2) is 0 Å². The van der Waals surface area contributed by atoms with Crippen LogP contribution in [0.5, 0.6) is 0 Å². The number of unbranched alkanes of at least 4 members (excludes halogenated alkanes) is 1. The molecule has 0 saturated heterocycles. The van der Waals surface area contributed by atoms with E-state index < -0.39 is 11.6 Å². The van der Waals surface area contributed by atoms with Crippen LogP contribution in [0.2, 0.25) is 0 Å². The van der Waals surface area contributed by atoms with Crippen LogP contribution in [0, 0.1) is 11.6 Å². The Bertz CT molecular complexity index is 823. The molecule has 0 heterocycles. The van der Waals surface area contributed by atoms with Crippen LogP contribution in [0.25, 0.3) is 22.3 Å². The number of hydrogen-bond acceptors (Lipinski definition) is 0. The van der Waals surface area contributed by atoms with E-state index in [1.807, 2.05) is 48.5 Å². The zero-order chi connectivity index (χ0) is 16.9. The van der Waals surface area contributed by atoms with Gasteiger partial charge < -0.3 is 0 Å². The molecule has 3 aromatic rings. The summed E-state index contributed by atoms with van der Waals surface area (Å²) in [6.07, 6.45) is 2.50. The first kappa shape index (κ1) is 16.4. The smallest absolute Gasteiger partial charge is 0.137 e. The highest BCUT2D eigenvalue weighted by atomic mass is 19.1. The average molecular weight is 322 g/mol. The molecule has 0 atom stereocenters. The van der Waals surface area contributed by atoms with Gasteiger partial charge in [0.05, 0.1) is 5.56 Å². The standard InChI is InChI=1S/C22H20F2/c1-2-3-9-17-14-15-20(23)21(22(17)24)19-13-8-7-12-18(19)16-10-5-4-6-11-16/h4-8,10-15H,2-3,9H2,1H3. The van der Waals surface area contributed by atoms with Crippen molar-refractivity contribution in [1.82, 2.24) is 0 Å². The van der Waals surface area contributed by atoms with Crippen LogP contribution in [0.4, 0.5) is 8.78 Å². The number of halogens is 2. The fraction of sp³-hybridized carbons (Fsp3) is 0.182. The second kappa shape index (κ2) is 7.39. The summed E-state index contributed by atoms with van der Waals surface area (Å²) in [4.78, 5) is 0. The number of hydrogen-bond donors (Lipinski definition) is 0. The number of benzene rings is 3. The predicted molar refractivity (Wildman–Crippen MR) is 95.8 cm³/mol. The molecule has 0 spiro atoms. The minimum atomic E-state index is -0.517. The highest BCUT2D eigenvalue weighted by Gasteiger charge is 2.18. The lowest BCUT2D eigenvalue weighted by Crippen LogP contribution is -1.98. The molecule has 2 heteroatoms. The van der Waals surface area contributed by atoms with Crippen LogP contribution in [-0.4, -0.2) is 0 Å². The normalized spacial score (nSPS) is 10.8. The summed E-state index contributed by atoms with van der Waals surface area (Å²) >= 11 is 0. The van der Waals surface area contributed by atoms with E-state index in [0.717, 1.165) is 24.0 Å². The quantitative estimate of drug-likeness (QED) is 0.494. The third-order valence-electron chi connectivity index (χ3n) is 4.25. The lowest BCUT2D eigenvalue weighted by atomic mass is 9.92. The summed E-state index contributed by atoms with van der Waals surface area (Å²) in [5.41, 5.74) is 3.03. The zero-order valence-electron chi connectivity index (χ0n) is 13.7. The van der Waals surface area contributed by atoms with Gasteiger partial charge >= 0.3 is 0 Å². The van der Waals surface area contributed by atoms with Crippen LogP contribution in [-0.2, 0) is 6.42 Å². The zero-order valence-corrected chi connectivity index (χ0v) is 13.7. The Morgan fingerprint density at radius 3 is 2.12 bits per heavy atom. The second-order valence-electron chi connectivity index (χ2n) is 5.91. The Morgan fingerprint density at radius 1 is 0.750 bits per heavy atom. The molecule has 0 radical (unpaired) electrons. The van der Waals surface area contributed by atoms with E-state index in [2.05, 4.69) is 6.92 Å². The summed E-state index contributed by atoms with van der Waals surface area (Å²) in [5.74, 6) is -0.956. The Morgan fingerprint density at radius 2 is 1.42 bits per heavy atom. The molecule has 0 aromatic heterocycles. The van der Waals surface area contributed by atoms with Gasteiger partial charge in [-0.05, 0) is 41.2 Å². The number of rotatable bonds is 5. The van der Waals surface area contributed by atoms with Gasteiger partial charge in [0, 0.05) is 0 Å². The van der Waals surface area contributed by atoms with Gasteiger partial charge in [-0.15, -0.1) is 0 Å². The monoisotopic (exact) mass is 322 g/mol. The van der Waals surface area contributed by atoms with Crippen molar-refractivity contribution in [3.63, 3.8) is 0 Å². The second-order valence-corrected chi connectivity index (χ2v) is 5.91. The van der Waals surface area contributed by atoms with Crippen LogP contribution < -0.4 is 0 Å². The molecule has 0 unspecified atom stereocenters. The molecule has 0 aliphatic rings. The molecule has 0 aliphatic carbocycles. The molecule has 3 aromatic carbocycles. The van der Waals surface area contributed by atoms with Crippen molar-refractivity contribution >= 4 is 0 Å². The molecule has 0 N–H and O–H groups in total. The maximum absolute atomic E-state index is 15.0. The molecule has 0 nitrogen and oxygen atoms in total. The summed E-state index contributed by atoms with van der Waals surface area (Å²) in [7, 11) is 0. The summed E-state index contributed by atoms with van der Waals surface area (Å²) in [6, 6.07) is 20.0. The first-order valence-corrected chi connectivity index (χ1v) is 8.34. The molecule has 0 fully saturated rings. The summed E-state index contributed by atoms with van der Waals surface area (Å²) < 4.78 is 29.5. The maximum atomic E-state index is 15.0. The summed E-state index contributed by atoms with van der Waals surface area (Å²) in [6.45, 7) is 2.06. The van der Waals surface area contributed by atoms with E-state index in [9.17, 15) is 8.78 Å². The maximum Gasteiger partial charge on any atom is 0.137 e. The van der Waals surface area contributed by atoms with Crippen molar-refractivity contribution in [2.24, 2.45) is 0 Å². The predicted octanol–water partition coefficient (Wildman–Crippen LogP) is 6.64. The van der Waals surface area contributed by atoms with Crippen molar-refractivity contribution in [1.29, 1.82) is 0 Å². The van der Waals surface area contributed by atoms with Crippen LogP contribution >= 0.6 is 0 Å². The molecule has 0 bridgehead atoms. The molecule has 122 valence electrons. The minimum absolute atomic E-state index is 0.0723. The first-order valence-electron chi connectivity index (χ1n) is 8.34. The fourth-order valence-electron chi connectivity index (χ4n) is 2.97. The van der Waals surface area contributed by atoms with E-state index in [4.69, 9.17) is 0 Å². The average Bonchev–Trinajstić information content (AvgIpc) is 2.62. The third-order valence-corrected chi connectivity index (χ3v) is 4.25. The molecular weight excluding hydrogens is 302 g/mol. The lowest BCUT2D eigenvalue weighted by Gasteiger charge is -2.14. The van der Waals surface area contributed by atoms with Gasteiger partial charge in [-0.1, -0.05) is 74.0 Å². The van der Waals surface area contributed by atoms with Crippen molar-refractivity contribution in [2.75, 3.05) is 0 Å². The van der Waals surface area contributed by atoms with E-state index in [1.54, 1.807) is 12.1 Å². The molecular formula is C22H20F2. The Hall–Kier alpha value is -2.48. The van der Waals surface area contributed by atoms with Gasteiger partial charge in [0.2, 0.25) is 0 Å². The van der Waals surface area contributed by atoms with Crippen LogP contribution in [0.1, 0.15) is 25.3 Å². The van der Waals surface area contributed by atoms with E-state index in [-0.39, 0.29) is 5.56 Å². The summed E-state index contributed by atoms with van der Waals surface area (Å²) in [5, 5.41) is 0. The number of aryl methyl sites for hydroxylation is 1. The van der Waals surface area contributed by atoms with Crippen molar-refractivity contribution < 1.29 is 8.78 Å². The van der Waals surface area contributed by atoms with Crippen LogP contribution in [0.15, 0.2) is 66.7 Å². The van der Waals surface area contributed by atoms with Gasteiger partial charge in [0.25, 0.3) is 0 Å². The third kappa shape index (κ3) is 3.23. The van der Waals surface area contributed by atoms with Gasteiger partial charge in [-0.2, -0.15) is 0 Å². The lowest BCUT2D eigenvalue weighted by molar-refractivity contribution is 0.574. The fourth-order valence-corrected chi connectivity index (χ4v) is 2.97. The van der Waals surface area contributed by atoms with Crippen molar-refractivity contribution in [2.45, 2.75) is 26.2 Å². The highest BCUT2D eigenvalue weighted by Crippen LogP contribution is 2.36. The Balaban J connectivity index is 2.17. The molecule has 3 rings (SSSR count). The van der Waals surface area contributed by atoms with Gasteiger partial charge in [-0.3, -0.25) is 0 Å². The molecule has 0 amide bonds. The van der Waals surface area contributed by atoms with E-state index >= 15 is 0 Å². The Labute approximate surface area is 141 Å². The minimum Gasteiger partial charge on any atom is -0.206 e. The van der Waals surface area contributed by atoms with Crippen LogP contribution in [0.3, 0.4) is 0 Å². The van der Waals surface area contributed by atoms with Crippen molar-refractivity contribution in [3.8, 4) is 22.3 Å². The van der Waals surface area contributed by atoms with Gasteiger partial charge in [-0.25, -0.2) is 8.78 Å². The van der Waals surface area contributed by atoms with E-state index in [1.165, 1.54) is 6.07 Å². The Kier molecular flexibility index (Phi) is 5.05. The SMILES string of the molecule is CCCCc1ccc(F)c(-c2ccccc2-c2ccccc2)c1F. The van der Waals surface area contributed by atoms with Gasteiger partial charge in [0.1, 0.15) is 11.6 Å². The largest absolute Gasteiger partial charge is 0.206 e. The topological polar surface area (TPSA) is 0 Å². The first-order chi connectivity index (χ1) is 11.7. The van der Waals surface area contributed by atoms with Crippen molar-refractivity contribution in [3.05, 3.63) is 83.9 Å². The molecule has 0 saturated carbocycles. The molecule has 24 heavy (non-hydrogen) atoms.